The van der Waals surface area contributed by atoms with Crippen molar-refractivity contribution >= 4 is 38.2 Å². The maximum Gasteiger partial charge on any atom is 0.0851 e. The summed E-state index contributed by atoms with van der Waals surface area (Å²) in [5.41, 5.74) is 6.20. The zero-order valence-electron chi connectivity index (χ0n) is 12.9. The molecule has 0 saturated heterocycles. The van der Waals surface area contributed by atoms with Gasteiger partial charge in [0.05, 0.1) is 22.6 Å². The van der Waals surface area contributed by atoms with Crippen molar-refractivity contribution < 1.29 is 0 Å². The summed E-state index contributed by atoms with van der Waals surface area (Å²) in [6.07, 6.45) is 0. The third-order valence-corrected chi connectivity index (χ3v) is 4.40. The maximum atomic E-state index is 4.80. The molecule has 0 fully saturated rings. The van der Waals surface area contributed by atoms with Gasteiger partial charge in [-0.15, -0.1) is 0 Å². The van der Waals surface area contributed by atoms with E-state index in [1.165, 1.54) is 11.1 Å². The quantitative estimate of drug-likeness (QED) is 0.538. The van der Waals surface area contributed by atoms with Crippen LogP contribution in [-0.4, -0.2) is 10.7 Å². The molecule has 0 amide bonds. The minimum absolute atomic E-state index is 0.905. The van der Waals surface area contributed by atoms with E-state index in [1.807, 2.05) is 25.1 Å². The molecule has 0 aliphatic heterocycles. The van der Waals surface area contributed by atoms with Crippen LogP contribution in [0.2, 0.25) is 0 Å². The highest BCUT2D eigenvalue weighted by atomic mass is 79.9. The van der Waals surface area contributed by atoms with E-state index in [0.29, 0.717) is 0 Å². The predicted octanol–water partition coefficient (Wildman–Crippen LogP) is 5.75. The maximum absolute atomic E-state index is 4.80. The fourth-order valence-electron chi connectivity index (χ4n) is 2.52. The molecule has 0 N–H and O–H groups in total. The molecule has 0 aliphatic rings. The Balaban J connectivity index is 2.10. The zero-order valence-corrected chi connectivity index (χ0v) is 14.5. The summed E-state index contributed by atoms with van der Waals surface area (Å²) >= 11 is 3.57. The molecule has 0 radical (unpaired) electrons. The molecule has 0 bridgehead atoms. The average Bonchev–Trinajstić information content (AvgIpc) is 2.51. The van der Waals surface area contributed by atoms with Crippen molar-refractivity contribution in [3.8, 4) is 0 Å². The van der Waals surface area contributed by atoms with Crippen molar-refractivity contribution in [2.24, 2.45) is 4.99 Å². The molecule has 110 valence electrons. The first kappa shape index (κ1) is 14.9. The number of benzene rings is 2. The Labute approximate surface area is 139 Å². The number of aryl methyl sites for hydroxylation is 2. The molecule has 0 unspecified atom stereocenters. The van der Waals surface area contributed by atoms with Gasteiger partial charge in [-0.2, -0.15) is 0 Å². The number of para-hydroxylation sites is 2. The molecular formula is C19H17BrN2. The molecular weight excluding hydrogens is 336 g/mol. The average molecular weight is 353 g/mol. The van der Waals surface area contributed by atoms with Crippen LogP contribution in [0.4, 0.5) is 5.69 Å². The summed E-state index contributed by atoms with van der Waals surface area (Å²) in [7, 11) is 0. The van der Waals surface area contributed by atoms with Crippen molar-refractivity contribution in [2.45, 2.75) is 20.8 Å². The first-order valence-corrected chi connectivity index (χ1v) is 8.03. The van der Waals surface area contributed by atoms with E-state index in [4.69, 9.17) is 9.98 Å². The van der Waals surface area contributed by atoms with Gasteiger partial charge < -0.3 is 0 Å². The molecule has 0 aliphatic carbocycles. The lowest BCUT2D eigenvalue weighted by molar-refractivity contribution is 1.29. The Morgan fingerprint density at radius 2 is 1.64 bits per heavy atom. The van der Waals surface area contributed by atoms with E-state index >= 15 is 0 Å². The van der Waals surface area contributed by atoms with E-state index in [1.54, 1.807) is 0 Å². The third kappa shape index (κ3) is 2.81. The van der Waals surface area contributed by atoms with Gasteiger partial charge in [-0.3, -0.25) is 4.99 Å². The largest absolute Gasteiger partial charge is 0.251 e. The fraction of sp³-hybridized carbons (Fsp3) is 0.158. The number of hydrogen-bond donors (Lipinski definition) is 0. The van der Waals surface area contributed by atoms with Crippen molar-refractivity contribution in [1.82, 2.24) is 4.98 Å². The fourth-order valence-corrected chi connectivity index (χ4v) is 2.99. The third-order valence-electron chi connectivity index (χ3n) is 3.76. The van der Waals surface area contributed by atoms with Gasteiger partial charge in [-0.1, -0.05) is 36.4 Å². The van der Waals surface area contributed by atoms with Crippen LogP contribution in [0.3, 0.4) is 0 Å². The first-order chi connectivity index (χ1) is 10.6. The number of nitrogens with zero attached hydrogens (tertiary/aromatic N) is 2. The van der Waals surface area contributed by atoms with Gasteiger partial charge in [-0.25, -0.2) is 4.98 Å². The Kier molecular flexibility index (Phi) is 4.08. The predicted molar refractivity (Wildman–Crippen MR) is 97.2 cm³/mol. The SMILES string of the molecule is CC(=Nc1c(C)cccc1C)c1ccc2cccc(Br)c2n1. The van der Waals surface area contributed by atoms with Crippen molar-refractivity contribution in [1.29, 1.82) is 0 Å². The summed E-state index contributed by atoms with van der Waals surface area (Å²) < 4.78 is 1.01. The summed E-state index contributed by atoms with van der Waals surface area (Å²) in [6.45, 7) is 6.18. The lowest BCUT2D eigenvalue weighted by Crippen LogP contribution is -1.99. The van der Waals surface area contributed by atoms with E-state index in [0.717, 1.165) is 32.5 Å². The van der Waals surface area contributed by atoms with E-state index < -0.39 is 0 Å². The van der Waals surface area contributed by atoms with Gasteiger partial charge in [0, 0.05) is 9.86 Å². The smallest absolute Gasteiger partial charge is 0.0851 e. The standard InChI is InChI=1S/C19H17BrN2/c1-12-6-4-7-13(2)18(12)21-14(3)17-11-10-15-8-5-9-16(20)19(15)22-17/h4-11H,1-3H3. The molecule has 0 saturated carbocycles. The van der Waals surface area contributed by atoms with Gasteiger partial charge in [-0.05, 0) is 60.0 Å². The number of fused-ring (bicyclic) bond motifs is 1. The number of rotatable bonds is 2. The number of aromatic nitrogens is 1. The molecule has 1 heterocycles. The van der Waals surface area contributed by atoms with Gasteiger partial charge >= 0.3 is 0 Å². The number of halogens is 1. The monoisotopic (exact) mass is 352 g/mol. The van der Waals surface area contributed by atoms with Crippen LogP contribution in [0, 0.1) is 13.8 Å². The summed E-state index contributed by atoms with van der Waals surface area (Å²) in [6, 6.07) is 16.4. The Morgan fingerprint density at radius 3 is 2.36 bits per heavy atom. The van der Waals surface area contributed by atoms with Crippen LogP contribution < -0.4 is 0 Å². The molecule has 2 aromatic carbocycles. The molecule has 1 aromatic heterocycles. The number of pyridine rings is 1. The van der Waals surface area contributed by atoms with Gasteiger partial charge in [0.1, 0.15) is 0 Å². The van der Waals surface area contributed by atoms with E-state index in [9.17, 15) is 0 Å². The van der Waals surface area contributed by atoms with Crippen LogP contribution in [-0.2, 0) is 0 Å². The van der Waals surface area contributed by atoms with E-state index in [2.05, 4.69) is 60.1 Å². The van der Waals surface area contributed by atoms with Crippen LogP contribution >= 0.6 is 15.9 Å². The first-order valence-electron chi connectivity index (χ1n) is 7.23. The highest BCUT2D eigenvalue weighted by molar-refractivity contribution is 9.10. The Morgan fingerprint density at radius 1 is 0.955 bits per heavy atom. The second-order valence-electron chi connectivity index (χ2n) is 5.45. The lowest BCUT2D eigenvalue weighted by atomic mass is 10.1. The van der Waals surface area contributed by atoms with Crippen LogP contribution in [0.1, 0.15) is 23.7 Å². The van der Waals surface area contributed by atoms with Crippen LogP contribution in [0.5, 0.6) is 0 Å². The highest BCUT2D eigenvalue weighted by Gasteiger charge is 2.06. The Hall–Kier alpha value is -2.00. The normalized spacial score (nSPS) is 11.9. The molecule has 3 aromatic rings. The minimum Gasteiger partial charge on any atom is -0.251 e. The van der Waals surface area contributed by atoms with Gasteiger partial charge in [0.2, 0.25) is 0 Å². The van der Waals surface area contributed by atoms with Crippen molar-refractivity contribution in [2.75, 3.05) is 0 Å². The minimum atomic E-state index is 0.905. The van der Waals surface area contributed by atoms with Crippen molar-refractivity contribution in [3.63, 3.8) is 0 Å². The van der Waals surface area contributed by atoms with E-state index in [-0.39, 0.29) is 0 Å². The number of hydrogen-bond acceptors (Lipinski definition) is 2. The molecule has 3 rings (SSSR count). The Bertz CT molecular complexity index is 861. The summed E-state index contributed by atoms with van der Waals surface area (Å²) in [5, 5.41) is 1.12. The molecule has 0 spiro atoms. The van der Waals surface area contributed by atoms with Gasteiger partial charge in [0.25, 0.3) is 0 Å². The number of aliphatic imine (C=N–C) groups is 1. The molecule has 22 heavy (non-hydrogen) atoms. The van der Waals surface area contributed by atoms with Crippen molar-refractivity contribution in [3.05, 3.63) is 69.8 Å². The van der Waals surface area contributed by atoms with Crippen LogP contribution in [0.15, 0.2) is 58.0 Å². The van der Waals surface area contributed by atoms with Crippen LogP contribution in [0.25, 0.3) is 10.9 Å². The molecule has 0 atom stereocenters. The lowest BCUT2D eigenvalue weighted by Gasteiger charge is -2.08. The molecule has 3 heteroatoms. The highest BCUT2D eigenvalue weighted by Crippen LogP contribution is 2.25. The summed E-state index contributed by atoms with van der Waals surface area (Å²) in [5.74, 6) is 0. The summed E-state index contributed by atoms with van der Waals surface area (Å²) in [4.78, 5) is 9.56. The molecule has 2 nitrogen and oxygen atoms in total. The topological polar surface area (TPSA) is 25.2 Å². The second-order valence-corrected chi connectivity index (χ2v) is 6.30. The zero-order chi connectivity index (χ0) is 15.7. The second kappa shape index (κ2) is 6.01. The van der Waals surface area contributed by atoms with Gasteiger partial charge in [0.15, 0.2) is 0 Å².